The molecule has 3 aromatic carbocycles. The van der Waals surface area contributed by atoms with Gasteiger partial charge in [0.25, 0.3) is 10.0 Å². The number of nitrogens with zero attached hydrogens (tertiary/aromatic N) is 1. The Bertz CT molecular complexity index is 1310. The molecule has 1 N–H and O–H groups in total. The average Bonchev–Trinajstić information content (AvgIpc) is 2.90. The Hall–Kier alpha value is -3.39. The van der Waals surface area contributed by atoms with Crippen LogP contribution in [-0.4, -0.2) is 28.0 Å². The molecule has 1 aliphatic carbocycles. The van der Waals surface area contributed by atoms with E-state index in [1.165, 1.54) is 61.1 Å². The minimum absolute atomic E-state index is 0.00199. The minimum atomic E-state index is -4.11. The van der Waals surface area contributed by atoms with Crippen LogP contribution in [0.4, 0.5) is 10.1 Å². The van der Waals surface area contributed by atoms with E-state index in [1.807, 2.05) is 13.0 Å². The molecule has 0 saturated carbocycles. The highest BCUT2D eigenvalue weighted by atomic mass is 32.2. The summed E-state index contributed by atoms with van der Waals surface area (Å²) in [5.74, 6) is -0.430. The van der Waals surface area contributed by atoms with Gasteiger partial charge in [0.05, 0.1) is 23.7 Å². The van der Waals surface area contributed by atoms with Crippen LogP contribution in [0.1, 0.15) is 48.9 Å². The van der Waals surface area contributed by atoms with Crippen LogP contribution in [0.15, 0.2) is 71.6 Å². The topological polar surface area (TPSA) is 75.7 Å². The highest BCUT2D eigenvalue weighted by molar-refractivity contribution is 7.92. The molecule has 0 fully saturated rings. The van der Waals surface area contributed by atoms with E-state index in [0.717, 1.165) is 29.1 Å². The third-order valence-corrected chi connectivity index (χ3v) is 8.36. The van der Waals surface area contributed by atoms with Gasteiger partial charge in [0.2, 0.25) is 5.91 Å². The number of anilines is 1. The van der Waals surface area contributed by atoms with E-state index < -0.39 is 28.3 Å². The van der Waals surface area contributed by atoms with Crippen molar-refractivity contribution < 1.29 is 22.3 Å². The monoisotopic (exact) mass is 510 g/mol. The Morgan fingerprint density at radius 2 is 1.67 bits per heavy atom. The maximum Gasteiger partial charge on any atom is 0.264 e. The molecule has 1 unspecified atom stereocenters. The third-order valence-electron chi connectivity index (χ3n) is 6.57. The second-order valence-corrected chi connectivity index (χ2v) is 10.8. The number of benzene rings is 3. The fourth-order valence-corrected chi connectivity index (χ4v) is 5.98. The number of sulfonamides is 1. The van der Waals surface area contributed by atoms with Crippen LogP contribution in [0.25, 0.3) is 0 Å². The number of fused-ring (bicyclic) bond motifs is 1. The molecule has 0 aromatic heterocycles. The van der Waals surface area contributed by atoms with Crippen LogP contribution < -0.4 is 14.4 Å². The third kappa shape index (κ3) is 5.70. The average molecular weight is 511 g/mol. The van der Waals surface area contributed by atoms with Gasteiger partial charge in [-0.25, -0.2) is 12.8 Å². The summed E-state index contributed by atoms with van der Waals surface area (Å²) < 4.78 is 46.8. The zero-order valence-electron chi connectivity index (χ0n) is 20.5. The SMILES string of the molecule is CCC(NC(=O)CN(c1ccc(F)cc1)S(=O)(=O)c1ccc(OC)cc1)c1ccc2c(c1)CCCC2. The molecule has 6 nitrogen and oxygen atoms in total. The van der Waals surface area contributed by atoms with Gasteiger partial charge >= 0.3 is 0 Å². The molecule has 1 atom stereocenters. The summed E-state index contributed by atoms with van der Waals surface area (Å²) in [6.45, 7) is 1.54. The van der Waals surface area contributed by atoms with E-state index in [0.29, 0.717) is 12.2 Å². The highest BCUT2D eigenvalue weighted by Crippen LogP contribution is 2.28. The van der Waals surface area contributed by atoms with Crippen molar-refractivity contribution in [2.75, 3.05) is 18.0 Å². The Labute approximate surface area is 212 Å². The molecule has 8 heteroatoms. The van der Waals surface area contributed by atoms with E-state index >= 15 is 0 Å². The van der Waals surface area contributed by atoms with Crippen LogP contribution >= 0.6 is 0 Å². The number of rotatable bonds is 9. The van der Waals surface area contributed by atoms with Crippen molar-refractivity contribution >= 4 is 21.6 Å². The first-order valence-electron chi connectivity index (χ1n) is 12.1. The molecule has 1 amide bonds. The van der Waals surface area contributed by atoms with Crippen molar-refractivity contribution in [1.29, 1.82) is 0 Å². The molecule has 190 valence electrons. The zero-order valence-corrected chi connectivity index (χ0v) is 21.4. The van der Waals surface area contributed by atoms with Crippen molar-refractivity contribution in [3.63, 3.8) is 0 Å². The molecule has 0 spiro atoms. The Morgan fingerprint density at radius 3 is 2.31 bits per heavy atom. The van der Waals surface area contributed by atoms with Crippen molar-refractivity contribution in [2.45, 2.75) is 50.0 Å². The van der Waals surface area contributed by atoms with Crippen LogP contribution in [0.3, 0.4) is 0 Å². The number of hydrogen-bond donors (Lipinski definition) is 1. The van der Waals surface area contributed by atoms with Gasteiger partial charge in [-0.3, -0.25) is 9.10 Å². The number of ether oxygens (including phenoxy) is 1. The first kappa shape index (κ1) is 25.7. The summed E-state index contributed by atoms with van der Waals surface area (Å²) in [6, 6.07) is 17.1. The second-order valence-electron chi connectivity index (χ2n) is 8.93. The molecule has 0 aliphatic heterocycles. The Balaban J connectivity index is 1.59. The Kier molecular flexibility index (Phi) is 7.94. The fraction of sp³-hybridized carbons (Fsp3) is 0.321. The van der Waals surface area contributed by atoms with Crippen LogP contribution in [-0.2, 0) is 27.7 Å². The van der Waals surface area contributed by atoms with Gasteiger partial charge in [0, 0.05) is 0 Å². The molecule has 3 aromatic rings. The van der Waals surface area contributed by atoms with Crippen molar-refractivity contribution in [1.82, 2.24) is 5.32 Å². The van der Waals surface area contributed by atoms with Crippen molar-refractivity contribution in [3.8, 4) is 5.75 Å². The highest BCUT2D eigenvalue weighted by Gasteiger charge is 2.28. The van der Waals surface area contributed by atoms with E-state index in [-0.39, 0.29) is 16.6 Å². The van der Waals surface area contributed by atoms with Gasteiger partial charge in [0.1, 0.15) is 18.1 Å². The maximum atomic E-state index is 13.6. The molecule has 4 rings (SSSR count). The van der Waals surface area contributed by atoms with E-state index in [9.17, 15) is 17.6 Å². The Morgan fingerprint density at radius 1 is 1.00 bits per heavy atom. The fourth-order valence-electron chi connectivity index (χ4n) is 4.56. The number of carbonyl (C=O) groups is 1. The van der Waals surface area contributed by atoms with Crippen LogP contribution in [0.5, 0.6) is 5.75 Å². The number of methoxy groups -OCH3 is 1. The molecular formula is C28H31FN2O4S. The number of amides is 1. The molecule has 0 saturated heterocycles. The predicted octanol–water partition coefficient (Wildman–Crippen LogP) is 5.18. The number of nitrogens with one attached hydrogen (secondary N) is 1. The first-order chi connectivity index (χ1) is 17.3. The lowest BCUT2D eigenvalue weighted by molar-refractivity contribution is -0.120. The number of halogens is 1. The lowest BCUT2D eigenvalue weighted by atomic mass is 9.89. The van der Waals surface area contributed by atoms with Gasteiger partial charge < -0.3 is 10.1 Å². The predicted molar refractivity (Wildman–Crippen MR) is 138 cm³/mol. The summed E-state index contributed by atoms with van der Waals surface area (Å²) in [6.07, 6.45) is 5.13. The largest absolute Gasteiger partial charge is 0.497 e. The molecule has 36 heavy (non-hydrogen) atoms. The first-order valence-corrected chi connectivity index (χ1v) is 13.6. The standard InChI is InChI=1S/C28H31FN2O4S/c1-3-27(22-9-8-20-6-4-5-7-21(20)18-22)30-28(32)19-31(24-12-10-23(29)11-13-24)36(33,34)26-16-14-25(35-2)15-17-26/h8-18,27H,3-7,19H2,1-2H3,(H,30,32). The van der Waals surface area contributed by atoms with Crippen molar-refractivity contribution in [2.24, 2.45) is 0 Å². The second kappa shape index (κ2) is 11.1. The molecule has 1 aliphatic rings. The molecular weight excluding hydrogens is 479 g/mol. The quantitative estimate of drug-likeness (QED) is 0.431. The maximum absolute atomic E-state index is 13.6. The van der Waals surface area contributed by atoms with E-state index in [4.69, 9.17) is 4.74 Å². The lowest BCUT2D eigenvalue weighted by Gasteiger charge is -2.26. The van der Waals surface area contributed by atoms with Crippen LogP contribution in [0.2, 0.25) is 0 Å². The van der Waals surface area contributed by atoms with Gasteiger partial charge in [-0.05, 0) is 97.3 Å². The van der Waals surface area contributed by atoms with Gasteiger partial charge in [-0.15, -0.1) is 0 Å². The lowest BCUT2D eigenvalue weighted by Crippen LogP contribution is -2.42. The summed E-state index contributed by atoms with van der Waals surface area (Å²) in [7, 11) is -2.62. The van der Waals surface area contributed by atoms with Gasteiger partial charge in [-0.1, -0.05) is 25.1 Å². The summed E-state index contributed by atoms with van der Waals surface area (Å²) >= 11 is 0. The molecule has 0 heterocycles. The minimum Gasteiger partial charge on any atom is -0.497 e. The summed E-state index contributed by atoms with van der Waals surface area (Å²) in [5, 5.41) is 3.00. The van der Waals surface area contributed by atoms with Crippen molar-refractivity contribution in [3.05, 3.63) is 89.2 Å². The van der Waals surface area contributed by atoms with Gasteiger partial charge in [-0.2, -0.15) is 0 Å². The van der Waals surface area contributed by atoms with E-state index in [2.05, 4.69) is 17.4 Å². The zero-order chi connectivity index (χ0) is 25.7. The van der Waals surface area contributed by atoms with Gasteiger partial charge in [0.15, 0.2) is 0 Å². The number of hydrogen-bond acceptors (Lipinski definition) is 4. The van der Waals surface area contributed by atoms with E-state index in [1.54, 1.807) is 12.1 Å². The number of carbonyl (C=O) groups excluding carboxylic acids is 1. The molecule has 0 radical (unpaired) electrons. The molecule has 0 bridgehead atoms. The number of aryl methyl sites for hydroxylation is 2. The normalized spacial score (nSPS) is 14.0. The summed E-state index contributed by atoms with van der Waals surface area (Å²) in [5.41, 5.74) is 3.89. The van der Waals surface area contributed by atoms with Crippen LogP contribution in [0, 0.1) is 5.82 Å². The summed E-state index contributed by atoms with van der Waals surface area (Å²) in [4.78, 5) is 13.2. The smallest absolute Gasteiger partial charge is 0.264 e.